The van der Waals surface area contributed by atoms with Gasteiger partial charge in [-0.1, -0.05) is 52.3 Å². The summed E-state index contributed by atoms with van der Waals surface area (Å²) in [6.45, 7) is 2.12. The molecule has 0 N–H and O–H groups in total. The highest BCUT2D eigenvalue weighted by Crippen LogP contribution is 2.12. The van der Waals surface area contributed by atoms with Crippen molar-refractivity contribution in [3.8, 4) is 0 Å². The van der Waals surface area contributed by atoms with Crippen LogP contribution in [0.15, 0.2) is 36.4 Å². The summed E-state index contributed by atoms with van der Waals surface area (Å²) in [4.78, 5) is 0. The van der Waals surface area contributed by atoms with Crippen molar-refractivity contribution in [2.24, 2.45) is 0 Å². The first-order valence-corrected chi connectivity index (χ1v) is 4.75. The third kappa shape index (κ3) is 2.51. The van der Waals surface area contributed by atoms with Crippen molar-refractivity contribution in [2.75, 3.05) is 5.33 Å². The zero-order valence-corrected chi connectivity index (χ0v) is 8.14. The molecule has 0 spiro atoms. The van der Waals surface area contributed by atoms with Gasteiger partial charge < -0.3 is 0 Å². The normalized spacial score (nSPS) is 11.6. The summed E-state index contributed by atoms with van der Waals surface area (Å²) < 4.78 is 0. The third-order valence-corrected chi connectivity index (χ3v) is 1.94. The van der Waals surface area contributed by atoms with Crippen molar-refractivity contribution in [1.29, 1.82) is 0 Å². The molecule has 0 fully saturated rings. The molecule has 1 aromatic carbocycles. The molecule has 0 amide bonds. The molecule has 0 aromatic heterocycles. The molecular formula is C10H11Br. The minimum Gasteiger partial charge on any atom is -0.0883 e. The minimum atomic E-state index is 0.924. The molecule has 1 rings (SSSR count). The first-order valence-electron chi connectivity index (χ1n) is 3.62. The quantitative estimate of drug-likeness (QED) is 0.657. The minimum absolute atomic E-state index is 0.924. The third-order valence-electron chi connectivity index (χ3n) is 1.61. The lowest BCUT2D eigenvalue weighted by Crippen LogP contribution is -1.77. The Morgan fingerprint density at radius 3 is 2.55 bits per heavy atom. The van der Waals surface area contributed by atoms with Gasteiger partial charge in [-0.3, -0.25) is 0 Å². The fourth-order valence-electron chi connectivity index (χ4n) is 0.935. The van der Waals surface area contributed by atoms with Crippen molar-refractivity contribution in [1.82, 2.24) is 0 Å². The maximum Gasteiger partial charge on any atom is 0.0217 e. The average Bonchev–Trinajstić information content (AvgIpc) is 2.07. The van der Waals surface area contributed by atoms with Gasteiger partial charge in [0.25, 0.3) is 0 Å². The maximum absolute atomic E-state index is 3.37. The number of halogens is 1. The summed E-state index contributed by atoms with van der Waals surface area (Å²) in [7, 11) is 0. The van der Waals surface area contributed by atoms with Crippen molar-refractivity contribution >= 4 is 21.5 Å². The van der Waals surface area contributed by atoms with E-state index in [9.17, 15) is 0 Å². The topological polar surface area (TPSA) is 0 Å². The van der Waals surface area contributed by atoms with E-state index in [2.05, 4.69) is 53.2 Å². The Morgan fingerprint density at radius 2 is 2.00 bits per heavy atom. The largest absolute Gasteiger partial charge is 0.0883 e. The summed E-state index contributed by atoms with van der Waals surface area (Å²) in [6, 6.07) is 10.4. The molecule has 0 bridgehead atoms. The second-order valence-corrected chi connectivity index (χ2v) is 3.05. The van der Waals surface area contributed by atoms with Crippen LogP contribution in [-0.2, 0) is 0 Å². The predicted molar refractivity (Wildman–Crippen MR) is 53.9 cm³/mol. The zero-order valence-electron chi connectivity index (χ0n) is 6.55. The van der Waals surface area contributed by atoms with E-state index in [0.717, 1.165) is 5.33 Å². The van der Waals surface area contributed by atoms with Crippen LogP contribution in [0.2, 0.25) is 0 Å². The van der Waals surface area contributed by atoms with Crippen LogP contribution in [-0.4, -0.2) is 5.33 Å². The van der Waals surface area contributed by atoms with Gasteiger partial charge in [0.2, 0.25) is 0 Å². The maximum atomic E-state index is 3.37. The fourth-order valence-corrected chi connectivity index (χ4v) is 1.42. The molecule has 1 aromatic rings. The van der Waals surface area contributed by atoms with E-state index in [1.54, 1.807) is 0 Å². The Balaban J connectivity index is 2.85. The van der Waals surface area contributed by atoms with Crippen LogP contribution < -0.4 is 0 Å². The molecule has 0 radical (unpaired) electrons. The average molecular weight is 211 g/mol. The second-order valence-electron chi connectivity index (χ2n) is 2.41. The molecule has 0 aliphatic rings. The summed E-state index contributed by atoms with van der Waals surface area (Å²) in [5, 5.41) is 0.924. The smallest absolute Gasteiger partial charge is 0.0217 e. The van der Waals surface area contributed by atoms with Crippen molar-refractivity contribution < 1.29 is 0 Å². The number of rotatable bonds is 2. The zero-order chi connectivity index (χ0) is 8.10. The van der Waals surface area contributed by atoms with Crippen LogP contribution >= 0.6 is 15.9 Å². The van der Waals surface area contributed by atoms with Gasteiger partial charge in [0, 0.05) is 5.33 Å². The van der Waals surface area contributed by atoms with Crippen molar-refractivity contribution in [2.45, 2.75) is 6.92 Å². The fraction of sp³-hybridized carbons (Fsp3) is 0.200. The van der Waals surface area contributed by atoms with Gasteiger partial charge in [-0.2, -0.15) is 0 Å². The van der Waals surface area contributed by atoms with E-state index in [1.807, 2.05) is 6.07 Å². The molecular weight excluding hydrogens is 200 g/mol. The first kappa shape index (κ1) is 8.54. The van der Waals surface area contributed by atoms with E-state index in [-0.39, 0.29) is 0 Å². The van der Waals surface area contributed by atoms with Crippen molar-refractivity contribution in [3.05, 3.63) is 42.0 Å². The molecule has 0 atom stereocenters. The predicted octanol–water partition coefficient (Wildman–Crippen LogP) is 3.48. The van der Waals surface area contributed by atoms with E-state index >= 15 is 0 Å². The van der Waals surface area contributed by atoms with Crippen LogP contribution in [0.25, 0.3) is 5.57 Å². The molecule has 1 heteroatoms. The highest BCUT2D eigenvalue weighted by molar-refractivity contribution is 9.09. The summed E-state index contributed by atoms with van der Waals surface area (Å²) >= 11 is 3.37. The van der Waals surface area contributed by atoms with Gasteiger partial charge in [0.15, 0.2) is 0 Å². The Labute approximate surface area is 76.1 Å². The highest BCUT2D eigenvalue weighted by atomic mass is 79.9. The van der Waals surface area contributed by atoms with Gasteiger partial charge in [-0.15, -0.1) is 0 Å². The van der Waals surface area contributed by atoms with Gasteiger partial charge in [-0.25, -0.2) is 0 Å². The molecule has 0 saturated carbocycles. The molecule has 0 heterocycles. The number of allylic oxidation sites excluding steroid dienone is 2. The summed E-state index contributed by atoms with van der Waals surface area (Å²) in [5.74, 6) is 0. The number of hydrogen-bond donors (Lipinski definition) is 0. The molecule has 0 unspecified atom stereocenters. The van der Waals surface area contributed by atoms with Gasteiger partial charge in [0.1, 0.15) is 0 Å². The van der Waals surface area contributed by atoms with E-state index in [4.69, 9.17) is 0 Å². The highest BCUT2D eigenvalue weighted by Gasteiger charge is 1.90. The molecule has 0 nitrogen and oxygen atoms in total. The number of hydrogen-bond acceptors (Lipinski definition) is 0. The lowest BCUT2D eigenvalue weighted by atomic mass is 10.1. The second kappa shape index (κ2) is 4.35. The number of benzene rings is 1. The van der Waals surface area contributed by atoms with Crippen molar-refractivity contribution in [3.63, 3.8) is 0 Å². The summed E-state index contributed by atoms with van der Waals surface area (Å²) in [6.07, 6.45) is 2.16. The molecule has 58 valence electrons. The van der Waals surface area contributed by atoms with Crippen LogP contribution in [0, 0.1) is 0 Å². The van der Waals surface area contributed by atoms with E-state index in [0.29, 0.717) is 0 Å². The Hall–Kier alpha value is -0.560. The van der Waals surface area contributed by atoms with Crippen LogP contribution in [0.4, 0.5) is 0 Å². The monoisotopic (exact) mass is 210 g/mol. The SMILES string of the molecule is C/C(=C\CBr)c1ccccc1. The van der Waals surface area contributed by atoms with Crippen LogP contribution in [0.1, 0.15) is 12.5 Å². The molecule has 0 aliphatic carbocycles. The first-order chi connectivity index (χ1) is 5.34. The van der Waals surface area contributed by atoms with Crippen LogP contribution in [0.3, 0.4) is 0 Å². The molecule has 0 aliphatic heterocycles. The molecule has 11 heavy (non-hydrogen) atoms. The number of alkyl halides is 1. The van der Waals surface area contributed by atoms with Crippen LogP contribution in [0.5, 0.6) is 0 Å². The standard InChI is InChI=1S/C10H11Br/c1-9(7-8-11)10-5-3-2-4-6-10/h2-7H,8H2,1H3/b9-7+. The van der Waals surface area contributed by atoms with Gasteiger partial charge in [-0.05, 0) is 18.1 Å². The van der Waals surface area contributed by atoms with Gasteiger partial charge in [0.05, 0.1) is 0 Å². The lowest BCUT2D eigenvalue weighted by molar-refractivity contribution is 1.55. The lowest BCUT2D eigenvalue weighted by Gasteiger charge is -1.98. The molecule has 0 saturated heterocycles. The van der Waals surface area contributed by atoms with E-state index < -0.39 is 0 Å². The Bertz CT molecular complexity index is 236. The van der Waals surface area contributed by atoms with Gasteiger partial charge >= 0.3 is 0 Å². The Morgan fingerprint density at radius 1 is 1.36 bits per heavy atom. The Kier molecular flexibility index (Phi) is 3.37. The summed E-state index contributed by atoms with van der Waals surface area (Å²) in [5.41, 5.74) is 2.62. The van der Waals surface area contributed by atoms with E-state index in [1.165, 1.54) is 11.1 Å².